The molecule has 0 spiro atoms. The molecule has 1 N–H and O–H groups in total. The van der Waals surface area contributed by atoms with Crippen molar-refractivity contribution in [2.75, 3.05) is 33.3 Å². The quantitative estimate of drug-likeness (QED) is 0.702. The summed E-state index contributed by atoms with van der Waals surface area (Å²) in [7, 11) is 1.62. The van der Waals surface area contributed by atoms with Crippen molar-refractivity contribution in [3.8, 4) is 17.1 Å². The molecule has 1 aliphatic carbocycles. The van der Waals surface area contributed by atoms with Gasteiger partial charge >= 0.3 is 0 Å². The Labute approximate surface area is 179 Å². The largest absolute Gasteiger partial charge is 0.497 e. The molecule has 7 nitrogen and oxygen atoms in total. The standard InChI is InChI=1S/C24H24N2O5/c1-30-19-7-6-18-14-20(31-21(18)15-19)16-2-4-17(5-3-16)22(27)25-10-12-26(13-11-25)23(28)24(29)8-9-24/h2-7,14-15,29H,8-13H2,1H3. The van der Waals surface area contributed by atoms with Crippen molar-refractivity contribution < 1.29 is 23.8 Å². The van der Waals surface area contributed by atoms with E-state index in [2.05, 4.69) is 0 Å². The van der Waals surface area contributed by atoms with Gasteiger partial charge in [0.1, 0.15) is 22.7 Å². The Morgan fingerprint density at radius 2 is 1.65 bits per heavy atom. The predicted molar refractivity (Wildman–Crippen MR) is 115 cm³/mol. The van der Waals surface area contributed by atoms with E-state index < -0.39 is 5.60 Å². The fraction of sp³-hybridized carbons (Fsp3) is 0.333. The number of piperazine rings is 1. The lowest BCUT2D eigenvalue weighted by Gasteiger charge is -2.35. The number of amides is 2. The number of rotatable bonds is 4. The highest BCUT2D eigenvalue weighted by Gasteiger charge is 2.50. The molecule has 2 fully saturated rings. The zero-order chi connectivity index (χ0) is 21.6. The summed E-state index contributed by atoms with van der Waals surface area (Å²) in [5.74, 6) is 1.21. The Hall–Kier alpha value is -3.32. The van der Waals surface area contributed by atoms with E-state index in [1.807, 2.05) is 36.4 Å². The van der Waals surface area contributed by atoms with E-state index in [4.69, 9.17) is 9.15 Å². The average molecular weight is 420 g/mol. The molecule has 0 radical (unpaired) electrons. The van der Waals surface area contributed by atoms with Gasteiger partial charge in [0.25, 0.3) is 11.8 Å². The molecule has 2 aromatic carbocycles. The maximum atomic E-state index is 12.9. The number of aliphatic hydroxyl groups is 1. The minimum absolute atomic E-state index is 0.0573. The maximum absolute atomic E-state index is 12.9. The van der Waals surface area contributed by atoms with Crippen molar-refractivity contribution >= 4 is 22.8 Å². The number of carbonyl (C=O) groups is 2. The lowest BCUT2D eigenvalue weighted by Crippen LogP contribution is -2.53. The van der Waals surface area contributed by atoms with Crippen LogP contribution in [-0.4, -0.2) is 65.6 Å². The summed E-state index contributed by atoms with van der Waals surface area (Å²) in [5, 5.41) is 11.0. The Morgan fingerprint density at radius 3 is 2.29 bits per heavy atom. The Morgan fingerprint density at radius 1 is 0.968 bits per heavy atom. The van der Waals surface area contributed by atoms with Crippen molar-refractivity contribution in [3.63, 3.8) is 0 Å². The molecule has 2 amide bonds. The Bertz CT molecular complexity index is 1140. The van der Waals surface area contributed by atoms with Crippen LogP contribution >= 0.6 is 0 Å². The molecule has 7 heteroatoms. The number of benzene rings is 2. The van der Waals surface area contributed by atoms with Crippen LogP contribution in [0.25, 0.3) is 22.3 Å². The van der Waals surface area contributed by atoms with Gasteiger partial charge < -0.3 is 24.1 Å². The summed E-state index contributed by atoms with van der Waals surface area (Å²) in [6.07, 6.45) is 1.08. The van der Waals surface area contributed by atoms with Gasteiger partial charge in [-0.2, -0.15) is 0 Å². The molecular weight excluding hydrogens is 396 g/mol. The molecule has 1 saturated heterocycles. The Balaban J connectivity index is 1.26. The predicted octanol–water partition coefficient (Wildman–Crippen LogP) is 2.92. The third kappa shape index (κ3) is 3.65. The molecule has 2 heterocycles. The first-order valence-corrected chi connectivity index (χ1v) is 10.5. The van der Waals surface area contributed by atoms with Crippen LogP contribution in [0.3, 0.4) is 0 Å². The third-order valence-electron chi connectivity index (χ3n) is 6.12. The molecule has 0 bridgehead atoms. The van der Waals surface area contributed by atoms with Gasteiger partial charge in [0.2, 0.25) is 0 Å². The number of hydrogen-bond donors (Lipinski definition) is 1. The number of hydrogen-bond acceptors (Lipinski definition) is 5. The number of methoxy groups -OCH3 is 1. The molecule has 2 aliphatic rings. The van der Waals surface area contributed by atoms with Crippen LogP contribution < -0.4 is 4.74 Å². The molecule has 5 rings (SSSR count). The lowest BCUT2D eigenvalue weighted by molar-refractivity contribution is -0.143. The molecule has 31 heavy (non-hydrogen) atoms. The summed E-state index contributed by atoms with van der Waals surface area (Å²) in [6, 6.07) is 15.0. The van der Waals surface area contributed by atoms with E-state index >= 15 is 0 Å². The summed E-state index contributed by atoms with van der Waals surface area (Å²) < 4.78 is 11.2. The van der Waals surface area contributed by atoms with Gasteiger partial charge in [-0.1, -0.05) is 12.1 Å². The second-order valence-electron chi connectivity index (χ2n) is 8.21. The number of fused-ring (bicyclic) bond motifs is 1. The van der Waals surface area contributed by atoms with Crippen LogP contribution in [0.15, 0.2) is 52.9 Å². The molecule has 3 aromatic rings. The van der Waals surface area contributed by atoms with E-state index in [1.54, 1.807) is 29.0 Å². The first-order valence-electron chi connectivity index (χ1n) is 10.5. The summed E-state index contributed by atoms with van der Waals surface area (Å²) >= 11 is 0. The normalized spacial score (nSPS) is 17.6. The molecule has 160 valence electrons. The van der Waals surface area contributed by atoms with Crippen LogP contribution in [0.2, 0.25) is 0 Å². The van der Waals surface area contributed by atoms with Crippen molar-refractivity contribution in [1.82, 2.24) is 9.80 Å². The van der Waals surface area contributed by atoms with Gasteiger partial charge in [-0.05, 0) is 43.2 Å². The van der Waals surface area contributed by atoms with E-state index in [0.29, 0.717) is 44.6 Å². The number of carbonyl (C=O) groups excluding carboxylic acids is 2. The lowest BCUT2D eigenvalue weighted by atomic mass is 10.1. The first kappa shape index (κ1) is 19.6. The number of nitrogens with zero attached hydrogens (tertiary/aromatic N) is 2. The van der Waals surface area contributed by atoms with Gasteiger partial charge in [0, 0.05) is 48.8 Å². The zero-order valence-corrected chi connectivity index (χ0v) is 17.3. The minimum atomic E-state index is -1.15. The van der Waals surface area contributed by atoms with E-state index in [9.17, 15) is 14.7 Å². The smallest absolute Gasteiger partial charge is 0.254 e. The van der Waals surface area contributed by atoms with Crippen LogP contribution in [0, 0.1) is 0 Å². The monoisotopic (exact) mass is 420 g/mol. The number of furan rings is 1. The van der Waals surface area contributed by atoms with Crippen LogP contribution in [0.1, 0.15) is 23.2 Å². The fourth-order valence-electron chi connectivity index (χ4n) is 3.98. The zero-order valence-electron chi connectivity index (χ0n) is 17.3. The second kappa shape index (κ2) is 7.42. The number of ether oxygens (including phenoxy) is 1. The Kier molecular flexibility index (Phi) is 4.70. The van der Waals surface area contributed by atoms with Gasteiger partial charge in [-0.15, -0.1) is 0 Å². The fourth-order valence-corrected chi connectivity index (χ4v) is 3.98. The topological polar surface area (TPSA) is 83.2 Å². The van der Waals surface area contributed by atoms with Crippen LogP contribution in [0.5, 0.6) is 5.75 Å². The highest BCUT2D eigenvalue weighted by molar-refractivity contribution is 5.95. The van der Waals surface area contributed by atoms with Crippen LogP contribution in [-0.2, 0) is 4.79 Å². The second-order valence-corrected chi connectivity index (χ2v) is 8.21. The van der Waals surface area contributed by atoms with Crippen molar-refractivity contribution in [2.24, 2.45) is 0 Å². The average Bonchev–Trinajstić information content (AvgIpc) is 3.42. The summed E-state index contributed by atoms with van der Waals surface area (Å²) in [6.45, 7) is 1.84. The van der Waals surface area contributed by atoms with E-state index in [1.165, 1.54) is 0 Å². The summed E-state index contributed by atoms with van der Waals surface area (Å²) in [4.78, 5) is 28.6. The SMILES string of the molecule is COc1ccc2cc(-c3ccc(C(=O)N4CCN(C(=O)C5(O)CC5)CC4)cc3)oc2c1. The van der Waals surface area contributed by atoms with Gasteiger partial charge in [-0.3, -0.25) is 9.59 Å². The molecule has 1 aliphatic heterocycles. The van der Waals surface area contributed by atoms with Gasteiger partial charge in [-0.25, -0.2) is 0 Å². The molecule has 1 aromatic heterocycles. The van der Waals surface area contributed by atoms with E-state index in [-0.39, 0.29) is 11.8 Å². The first-order chi connectivity index (χ1) is 15.0. The minimum Gasteiger partial charge on any atom is -0.497 e. The highest BCUT2D eigenvalue weighted by atomic mass is 16.5. The summed E-state index contributed by atoms with van der Waals surface area (Å²) in [5.41, 5.74) is 1.09. The maximum Gasteiger partial charge on any atom is 0.254 e. The third-order valence-corrected chi connectivity index (χ3v) is 6.12. The van der Waals surface area contributed by atoms with E-state index in [0.717, 1.165) is 28.0 Å². The molecule has 1 saturated carbocycles. The van der Waals surface area contributed by atoms with Crippen LogP contribution in [0.4, 0.5) is 0 Å². The van der Waals surface area contributed by atoms with Gasteiger partial charge in [0.15, 0.2) is 0 Å². The molecule has 0 unspecified atom stereocenters. The van der Waals surface area contributed by atoms with Crippen molar-refractivity contribution in [3.05, 3.63) is 54.1 Å². The van der Waals surface area contributed by atoms with Gasteiger partial charge in [0.05, 0.1) is 7.11 Å². The highest BCUT2D eigenvalue weighted by Crippen LogP contribution is 2.37. The van der Waals surface area contributed by atoms with Crippen molar-refractivity contribution in [1.29, 1.82) is 0 Å². The van der Waals surface area contributed by atoms with Crippen molar-refractivity contribution in [2.45, 2.75) is 18.4 Å². The molecular formula is C24H24N2O5. The molecule has 0 atom stereocenters.